The van der Waals surface area contributed by atoms with Crippen LogP contribution in [0.3, 0.4) is 0 Å². The molecule has 8 nitrogen and oxygen atoms in total. The first-order chi connectivity index (χ1) is 17.3. The maximum absolute atomic E-state index is 11.8. The monoisotopic (exact) mass is 504 g/mol. The van der Waals surface area contributed by atoms with Crippen LogP contribution in [0.4, 0.5) is 5.69 Å². The molecule has 0 aliphatic carbocycles. The van der Waals surface area contributed by atoms with Crippen LogP contribution >= 0.6 is 0 Å². The largest absolute Gasteiger partial charge is 0.744 e. The lowest BCUT2D eigenvalue weighted by Gasteiger charge is -2.12. The molecule has 10 heteroatoms. The van der Waals surface area contributed by atoms with E-state index in [1.807, 2.05) is 6.92 Å². The van der Waals surface area contributed by atoms with Crippen LogP contribution in [0.15, 0.2) is 53.4 Å². The first kappa shape index (κ1) is 21.4. The summed E-state index contributed by atoms with van der Waals surface area (Å²) in [5, 5.41) is 12.8. The Hall–Kier alpha value is -2.11. The second-order valence-electron chi connectivity index (χ2n) is 6.87. The van der Waals surface area contributed by atoms with Crippen LogP contribution in [-0.4, -0.2) is 68.1 Å². The van der Waals surface area contributed by atoms with Gasteiger partial charge in [0.2, 0.25) is 5.91 Å². The molecule has 33 heavy (non-hydrogen) atoms. The van der Waals surface area contributed by atoms with E-state index in [2.05, 4.69) is 22.6 Å². The summed E-state index contributed by atoms with van der Waals surface area (Å²) in [6.07, 6.45) is 1.18. The first-order valence-corrected chi connectivity index (χ1v) is 13.5. The first-order valence-electron chi connectivity index (χ1n) is 12.3. The third kappa shape index (κ3) is 13.2. The predicted molar refractivity (Wildman–Crippen MR) is 131 cm³/mol. The number of nitrogens with one attached hydrogen (secondary N) is 1. The Labute approximate surface area is 206 Å². The van der Waals surface area contributed by atoms with Crippen LogP contribution < -0.4 is 10.1 Å². The van der Waals surface area contributed by atoms with Crippen molar-refractivity contribution in [1.82, 2.24) is 0 Å². The molecule has 2 aromatic rings. The zero-order valence-electron chi connectivity index (χ0n) is 24.0. The molecular weight excluding hydrogens is 466 g/mol. The molecular formula is C23H33NO7S2. The van der Waals surface area contributed by atoms with E-state index in [1.165, 1.54) is 43.3 Å². The molecule has 0 aromatic heterocycles. The van der Waals surface area contributed by atoms with Gasteiger partial charge in [-0.25, -0.2) is 8.42 Å². The lowest BCUT2D eigenvalue weighted by Crippen LogP contribution is -2.23. The van der Waals surface area contributed by atoms with Gasteiger partial charge in [0, 0.05) is 12.3 Å². The van der Waals surface area contributed by atoms with Crippen molar-refractivity contribution < 1.29 is 39.2 Å². The molecule has 0 spiro atoms. The van der Waals surface area contributed by atoms with E-state index in [-0.39, 0.29) is 34.1 Å². The summed E-state index contributed by atoms with van der Waals surface area (Å²) in [6.45, 7) is -2.97. The van der Waals surface area contributed by atoms with E-state index >= 15 is 0 Å². The van der Waals surface area contributed by atoms with Crippen LogP contribution in [0, 0.1) is 6.92 Å². The van der Waals surface area contributed by atoms with E-state index in [4.69, 9.17) is 11.6 Å². The second kappa shape index (κ2) is 14.9. The van der Waals surface area contributed by atoms with E-state index in [0.717, 1.165) is 11.3 Å². The molecule has 0 aliphatic rings. The van der Waals surface area contributed by atoms with E-state index < -0.39 is 29.3 Å². The van der Waals surface area contributed by atoms with Crippen LogP contribution in [0.2, 0.25) is 0 Å². The number of aryl methyl sites for hydroxylation is 1. The van der Waals surface area contributed by atoms with Crippen LogP contribution in [0.1, 0.15) is 25.8 Å². The molecule has 2 N–H and O–H groups in total. The Bertz CT molecular complexity index is 1140. The van der Waals surface area contributed by atoms with Gasteiger partial charge in [-0.2, -0.15) is 0 Å². The molecule has 0 fully saturated rings. The molecule has 2 aromatic carbocycles. The number of hydrogen-bond donors (Lipinski definition) is 2. The van der Waals surface area contributed by atoms with Gasteiger partial charge in [0.05, 0.1) is 37.2 Å². The smallest absolute Gasteiger partial charge is 0.229 e. The summed E-state index contributed by atoms with van der Waals surface area (Å²) in [5.74, 6) is 0.613. The highest BCUT2D eigenvalue weighted by atomic mass is 32.2. The molecule has 0 aliphatic heterocycles. The number of hydrogen-bond acceptors (Lipinski definition) is 7. The summed E-state index contributed by atoms with van der Waals surface area (Å²) in [6, 6.07) is 11.5. The van der Waals surface area contributed by atoms with E-state index in [9.17, 15) is 22.9 Å². The number of carbonyl (C=O) groups is 1. The van der Waals surface area contributed by atoms with Crippen LogP contribution in [0.25, 0.3) is 0 Å². The van der Waals surface area contributed by atoms with Gasteiger partial charge in [0.1, 0.15) is 34.3 Å². The Balaban J connectivity index is 0.000000544. The summed E-state index contributed by atoms with van der Waals surface area (Å²) in [7, 11) is -4.10. The maximum Gasteiger partial charge on any atom is 0.229 e. The summed E-state index contributed by atoms with van der Waals surface area (Å²) in [5.41, 5.74) is 1.42. The molecule has 0 radical (unpaired) electrons. The lowest BCUT2D eigenvalue weighted by atomic mass is 10.2. The van der Waals surface area contributed by atoms with Crippen LogP contribution in [0.5, 0.6) is 5.75 Å². The quantitative estimate of drug-likeness (QED) is 0.356. The summed E-state index contributed by atoms with van der Waals surface area (Å²) in [4.78, 5) is 11.6. The third-order valence-corrected chi connectivity index (χ3v) is 5.63. The Kier molecular flexibility index (Phi) is 9.69. The SMILES string of the molecule is Cc1ccc(S(=O)(=O)[O-])cc1.[2H]C([2H])(OCC)C([2H])(O)C([2H])([2H])Oc1ccc(NC(=O)CC[S+](C)C)cc1. The van der Waals surface area contributed by atoms with Gasteiger partial charge >= 0.3 is 0 Å². The van der Waals surface area contributed by atoms with Gasteiger partial charge in [-0.3, -0.25) is 4.79 Å². The van der Waals surface area contributed by atoms with Crippen LogP contribution in [-0.2, 0) is 30.5 Å². The van der Waals surface area contributed by atoms with Crippen molar-refractivity contribution in [2.45, 2.75) is 31.2 Å². The Morgan fingerprint density at radius 2 is 1.79 bits per heavy atom. The molecule has 2 rings (SSSR count). The van der Waals surface area contributed by atoms with Gasteiger partial charge in [-0.1, -0.05) is 17.7 Å². The minimum Gasteiger partial charge on any atom is -0.744 e. The number of rotatable bonds is 11. The highest BCUT2D eigenvalue weighted by molar-refractivity contribution is 7.95. The van der Waals surface area contributed by atoms with E-state index in [0.29, 0.717) is 12.1 Å². The third-order valence-electron chi connectivity index (χ3n) is 3.76. The van der Waals surface area contributed by atoms with Crippen molar-refractivity contribution in [3.8, 4) is 5.75 Å². The number of ether oxygens (including phenoxy) is 2. The zero-order valence-corrected chi connectivity index (χ0v) is 20.6. The molecule has 0 saturated heterocycles. The predicted octanol–water partition coefficient (Wildman–Crippen LogP) is 2.57. The number of amides is 1. The highest BCUT2D eigenvalue weighted by Gasteiger charge is 2.09. The van der Waals surface area contributed by atoms with Crippen molar-refractivity contribution in [2.75, 3.05) is 43.3 Å². The fraction of sp³-hybridized carbons (Fsp3) is 0.435. The molecule has 0 heterocycles. The Morgan fingerprint density at radius 1 is 1.18 bits per heavy atom. The summed E-state index contributed by atoms with van der Waals surface area (Å²) < 4.78 is 79.2. The molecule has 1 unspecified atom stereocenters. The molecule has 0 bridgehead atoms. The normalized spacial score (nSPS) is 16.0. The summed E-state index contributed by atoms with van der Waals surface area (Å²) >= 11 is 0. The van der Waals surface area contributed by atoms with Gasteiger partial charge in [0.15, 0.2) is 0 Å². The standard InChI is InChI=1S/C16H25NO4S.C7H8O3S/c1-4-20-11-14(18)12-21-15-7-5-13(6-8-15)17-16(19)9-10-22(2)3;1-6-2-4-7(5-3-6)11(8,9)10/h5-8,14,18H,4,9-12H2,1-3H3;2-5H,1H3,(H,8,9,10)/i11D2,12D2,14D;. The highest BCUT2D eigenvalue weighted by Crippen LogP contribution is 2.16. The van der Waals surface area contributed by atoms with Gasteiger partial charge in [-0.05, 0) is 61.1 Å². The minimum absolute atomic E-state index is 0.0420. The average Bonchev–Trinajstić information content (AvgIpc) is 2.78. The molecule has 184 valence electrons. The topological polar surface area (TPSA) is 125 Å². The minimum atomic E-state index is -4.27. The maximum atomic E-state index is 11.8. The van der Waals surface area contributed by atoms with Crippen molar-refractivity contribution in [1.29, 1.82) is 0 Å². The molecule has 0 saturated carbocycles. The average molecular weight is 505 g/mol. The van der Waals surface area contributed by atoms with Gasteiger partial charge in [-0.15, -0.1) is 0 Å². The van der Waals surface area contributed by atoms with Crippen molar-refractivity contribution >= 4 is 32.6 Å². The van der Waals surface area contributed by atoms with Crippen molar-refractivity contribution in [3.63, 3.8) is 0 Å². The zero-order chi connectivity index (χ0) is 29.4. The fourth-order valence-corrected chi connectivity index (χ4v) is 3.16. The number of aliphatic hydroxyl groups is 1. The van der Waals surface area contributed by atoms with Crippen molar-refractivity contribution in [2.24, 2.45) is 0 Å². The van der Waals surface area contributed by atoms with Crippen molar-refractivity contribution in [3.05, 3.63) is 54.1 Å². The molecule has 1 atom stereocenters. The van der Waals surface area contributed by atoms with Gasteiger partial charge in [0.25, 0.3) is 0 Å². The Morgan fingerprint density at radius 3 is 2.30 bits per heavy atom. The lowest BCUT2D eigenvalue weighted by molar-refractivity contribution is -0.115. The number of carbonyl (C=O) groups excluding carboxylic acids is 1. The number of anilines is 1. The second-order valence-corrected chi connectivity index (χ2v) is 10.6. The number of benzene rings is 2. The fourth-order valence-electron chi connectivity index (χ4n) is 2.10. The molecule has 1 amide bonds. The van der Waals surface area contributed by atoms with Gasteiger partial charge < -0.3 is 24.4 Å². The van der Waals surface area contributed by atoms with E-state index in [1.54, 1.807) is 12.1 Å².